The number of hydrogen-bond donors (Lipinski definition) is 6. The second-order valence-electron chi connectivity index (χ2n) is 7.56. The molecule has 176 valence electrons. The van der Waals surface area contributed by atoms with Crippen molar-refractivity contribution in [3.8, 4) is 0 Å². The average molecular weight is 459 g/mol. The SMILES string of the molecule is N[C@@H](Cc1c[nH]c2ccccc12)C(=O)[O-].O=C(O)c1ccc[n+]([C@@H]2O[C@H](CO)[C@@H](O)[C@H]2O)c1. The number of hydrogen-bond acceptors (Lipinski definition) is 8. The molecule has 7 N–H and O–H groups in total. The summed E-state index contributed by atoms with van der Waals surface area (Å²) in [5, 5.41) is 48.7. The van der Waals surface area contributed by atoms with E-state index in [1.807, 2.05) is 24.3 Å². The van der Waals surface area contributed by atoms with Crippen LogP contribution < -0.4 is 15.4 Å². The molecule has 2 aromatic heterocycles. The minimum absolute atomic E-state index is 0.0373. The van der Waals surface area contributed by atoms with Crippen molar-refractivity contribution in [2.24, 2.45) is 5.73 Å². The van der Waals surface area contributed by atoms with E-state index >= 15 is 0 Å². The molecule has 1 aliphatic rings. The van der Waals surface area contributed by atoms with Gasteiger partial charge in [-0.05, 0) is 24.1 Å². The number of ether oxygens (including phenoxy) is 1. The highest BCUT2D eigenvalue weighted by Crippen LogP contribution is 2.25. The quantitative estimate of drug-likeness (QED) is 0.228. The predicted molar refractivity (Wildman–Crippen MR) is 112 cm³/mol. The molecule has 0 radical (unpaired) electrons. The molecule has 4 rings (SSSR count). The summed E-state index contributed by atoms with van der Waals surface area (Å²) in [7, 11) is 0. The number of rotatable bonds is 6. The zero-order valence-electron chi connectivity index (χ0n) is 17.4. The van der Waals surface area contributed by atoms with Crippen molar-refractivity contribution in [2.75, 3.05) is 6.61 Å². The smallest absolute Gasteiger partial charge is 0.341 e. The van der Waals surface area contributed by atoms with E-state index in [-0.39, 0.29) is 12.0 Å². The zero-order valence-corrected chi connectivity index (χ0v) is 17.4. The van der Waals surface area contributed by atoms with Gasteiger partial charge in [0.15, 0.2) is 18.5 Å². The van der Waals surface area contributed by atoms with E-state index in [0.29, 0.717) is 0 Å². The number of benzene rings is 1. The van der Waals surface area contributed by atoms with Gasteiger partial charge in [0, 0.05) is 29.2 Å². The second kappa shape index (κ2) is 10.5. The van der Waals surface area contributed by atoms with Gasteiger partial charge in [0.2, 0.25) is 0 Å². The molecule has 0 amide bonds. The van der Waals surface area contributed by atoms with Gasteiger partial charge in [-0.15, -0.1) is 0 Å². The number of carboxylic acids is 2. The molecule has 1 saturated heterocycles. The minimum Gasteiger partial charge on any atom is -0.548 e. The number of carbonyl (C=O) groups excluding carboxylic acids is 1. The molecule has 0 saturated carbocycles. The summed E-state index contributed by atoms with van der Waals surface area (Å²) >= 11 is 0. The lowest BCUT2D eigenvalue weighted by Gasteiger charge is -2.11. The van der Waals surface area contributed by atoms with Crippen LogP contribution in [0.4, 0.5) is 0 Å². The number of aromatic carboxylic acids is 1. The Bertz CT molecular complexity index is 1120. The molecular weight excluding hydrogens is 434 g/mol. The Morgan fingerprint density at radius 2 is 1.91 bits per heavy atom. The lowest BCUT2D eigenvalue weighted by atomic mass is 10.1. The van der Waals surface area contributed by atoms with Crippen molar-refractivity contribution in [3.63, 3.8) is 0 Å². The number of fused-ring (bicyclic) bond motifs is 1. The number of nitrogens with zero attached hydrogens (tertiary/aromatic N) is 1. The number of aliphatic hydroxyl groups is 3. The van der Waals surface area contributed by atoms with Crippen LogP contribution >= 0.6 is 0 Å². The number of aliphatic hydroxyl groups excluding tert-OH is 3. The molecule has 1 fully saturated rings. The first kappa shape index (κ1) is 24.3. The molecule has 1 aromatic carbocycles. The van der Waals surface area contributed by atoms with Crippen LogP contribution in [0.3, 0.4) is 0 Å². The van der Waals surface area contributed by atoms with Gasteiger partial charge in [-0.25, -0.2) is 4.79 Å². The number of nitrogens with two attached hydrogens (primary N) is 1. The summed E-state index contributed by atoms with van der Waals surface area (Å²) in [5.41, 5.74) is 7.35. The van der Waals surface area contributed by atoms with E-state index in [4.69, 9.17) is 20.7 Å². The fourth-order valence-corrected chi connectivity index (χ4v) is 3.52. The van der Waals surface area contributed by atoms with Gasteiger partial charge in [-0.1, -0.05) is 18.2 Å². The maximum absolute atomic E-state index is 10.8. The lowest BCUT2D eigenvalue weighted by Crippen LogP contribution is -2.46. The third-order valence-electron chi connectivity index (χ3n) is 5.30. The Morgan fingerprint density at radius 1 is 1.18 bits per heavy atom. The third-order valence-corrected chi connectivity index (χ3v) is 5.30. The third kappa shape index (κ3) is 5.53. The van der Waals surface area contributed by atoms with Gasteiger partial charge in [0.25, 0.3) is 6.23 Å². The Balaban J connectivity index is 0.000000189. The van der Waals surface area contributed by atoms with Crippen molar-refractivity contribution >= 4 is 22.8 Å². The van der Waals surface area contributed by atoms with Crippen LogP contribution in [0.1, 0.15) is 22.1 Å². The summed E-state index contributed by atoms with van der Waals surface area (Å²) < 4.78 is 6.63. The number of carboxylic acid groups (broad SMARTS) is 2. The Hall–Kier alpha value is -3.35. The highest BCUT2D eigenvalue weighted by atomic mass is 16.6. The number of pyridine rings is 1. The molecule has 3 heterocycles. The first-order valence-corrected chi connectivity index (χ1v) is 10.1. The lowest BCUT2D eigenvalue weighted by molar-refractivity contribution is -0.765. The van der Waals surface area contributed by atoms with Gasteiger partial charge in [-0.2, -0.15) is 4.57 Å². The molecule has 0 aliphatic carbocycles. The van der Waals surface area contributed by atoms with E-state index in [0.717, 1.165) is 16.5 Å². The number of nitrogens with one attached hydrogen (secondary N) is 1. The second-order valence-corrected chi connectivity index (χ2v) is 7.56. The summed E-state index contributed by atoms with van der Waals surface area (Å²) in [4.78, 5) is 24.4. The molecule has 11 heteroatoms. The molecule has 3 aromatic rings. The molecule has 5 atom stereocenters. The van der Waals surface area contributed by atoms with Crippen molar-refractivity contribution in [1.82, 2.24) is 4.98 Å². The van der Waals surface area contributed by atoms with Gasteiger partial charge in [-0.3, -0.25) is 0 Å². The van der Waals surface area contributed by atoms with Crippen LogP contribution in [0.15, 0.2) is 55.0 Å². The van der Waals surface area contributed by atoms with Crippen LogP contribution in [-0.4, -0.2) is 68.3 Å². The number of aromatic nitrogens is 2. The van der Waals surface area contributed by atoms with Crippen molar-refractivity contribution in [2.45, 2.75) is 37.0 Å². The molecule has 33 heavy (non-hydrogen) atoms. The van der Waals surface area contributed by atoms with Gasteiger partial charge < -0.3 is 45.8 Å². The van der Waals surface area contributed by atoms with Crippen LogP contribution in [0.2, 0.25) is 0 Å². The Labute approximate surface area is 188 Å². The maximum atomic E-state index is 10.8. The van der Waals surface area contributed by atoms with E-state index in [1.165, 1.54) is 29.1 Å². The molecule has 0 unspecified atom stereocenters. The van der Waals surface area contributed by atoms with Crippen molar-refractivity contribution in [1.29, 1.82) is 0 Å². The van der Waals surface area contributed by atoms with Gasteiger partial charge in [0.1, 0.15) is 17.8 Å². The molecule has 11 nitrogen and oxygen atoms in total. The topological polar surface area (TPSA) is 193 Å². The largest absolute Gasteiger partial charge is 0.548 e. The van der Waals surface area contributed by atoms with E-state index in [1.54, 1.807) is 6.20 Å². The van der Waals surface area contributed by atoms with Crippen LogP contribution in [0, 0.1) is 0 Å². The number of aromatic amines is 1. The van der Waals surface area contributed by atoms with Gasteiger partial charge in [0.05, 0.1) is 12.6 Å². The first-order chi connectivity index (χ1) is 15.7. The highest BCUT2D eigenvalue weighted by molar-refractivity contribution is 5.86. The number of para-hydroxylation sites is 1. The van der Waals surface area contributed by atoms with Crippen molar-refractivity contribution in [3.05, 3.63) is 66.1 Å². The molecular formula is C22H25N3O8. The first-order valence-electron chi connectivity index (χ1n) is 10.1. The van der Waals surface area contributed by atoms with Gasteiger partial charge >= 0.3 is 5.97 Å². The normalized spacial score (nSPS) is 23.0. The van der Waals surface area contributed by atoms with E-state index in [2.05, 4.69) is 4.98 Å². The number of H-pyrrole nitrogens is 1. The highest BCUT2D eigenvalue weighted by Gasteiger charge is 2.48. The average Bonchev–Trinajstić information content (AvgIpc) is 3.35. The fraction of sp³-hybridized carbons (Fsp3) is 0.318. The maximum Gasteiger partial charge on any atom is 0.341 e. The summed E-state index contributed by atoms with van der Waals surface area (Å²) in [5.74, 6) is -2.32. The molecule has 0 bridgehead atoms. The van der Waals surface area contributed by atoms with Crippen LogP contribution in [0.25, 0.3) is 10.9 Å². The monoisotopic (exact) mass is 459 g/mol. The summed E-state index contributed by atoms with van der Waals surface area (Å²) in [6.45, 7) is -0.423. The standard InChI is InChI=1S/C11H12N2O2.C11H13NO6/c12-9(11(14)15)5-7-6-13-10-4-2-1-3-8(7)10;13-5-7-8(14)9(15)10(18-7)12-3-1-2-6(4-12)11(16)17/h1-4,6,9,13H,5,12H2,(H,14,15);1-4,7-10,13-15H,5H2/t9-;7-,8-,9-,10-/m01/s1. The van der Waals surface area contributed by atoms with E-state index < -0.39 is 49.1 Å². The molecule has 1 aliphatic heterocycles. The predicted octanol–water partition coefficient (Wildman–Crippen LogP) is -1.93. The van der Waals surface area contributed by atoms with Crippen LogP contribution in [0.5, 0.6) is 0 Å². The van der Waals surface area contributed by atoms with Crippen molar-refractivity contribution < 1.29 is 44.4 Å². The van der Waals surface area contributed by atoms with Crippen LogP contribution in [-0.2, 0) is 16.0 Å². The number of carbonyl (C=O) groups is 2. The summed E-state index contributed by atoms with van der Waals surface area (Å²) in [6.07, 6.45) is 0.648. The summed E-state index contributed by atoms with van der Waals surface area (Å²) in [6, 6.07) is 9.64. The van der Waals surface area contributed by atoms with E-state index in [9.17, 15) is 24.9 Å². The zero-order chi connectivity index (χ0) is 24.1. The number of aliphatic carboxylic acids is 1. The Morgan fingerprint density at radius 3 is 2.55 bits per heavy atom. The fourth-order valence-electron chi connectivity index (χ4n) is 3.52. The Kier molecular flexibility index (Phi) is 7.74. The minimum atomic E-state index is -1.23. The molecule has 0 spiro atoms.